The van der Waals surface area contributed by atoms with Gasteiger partial charge < -0.3 is 14.6 Å². The molecule has 0 radical (unpaired) electrons. The molecule has 1 N–H and O–H groups in total. The Bertz CT molecular complexity index is 382. The van der Waals surface area contributed by atoms with Crippen molar-refractivity contribution in [2.75, 3.05) is 20.2 Å². The number of hydrogen-bond acceptors (Lipinski definition) is 5. The Balaban J connectivity index is 1.90. The van der Waals surface area contributed by atoms with Crippen LogP contribution in [0.3, 0.4) is 0 Å². The van der Waals surface area contributed by atoms with Crippen molar-refractivity contribution < 1.29 is 9.26 Å². The molecule has 0 aliphatic carbocycles. The standard InChI is InChI=1S/C14H25N3O2/c1-4-14(2,18-3)13-16-12(19-17-13)8-7-11-6-5-9-15-10-11/h11,15H,4-10H2,1-3H3. The van der Waals surface area contributed by atoms with Gasteiger partial charge in [0.05, 0.1) is 0 Å². The lowest BCUT2D eigenvalue weighted by atomic mass is 9.95. The molecule has 1 aliphatic rings. The zero-order valence-electron chi connectivity index (χ0n) is 12.2. The number of nitrogens with zero attached hydrogens (tertiary/aromatic N) is 2. The van der Waals surface area contributed by atoms with Crippen molar-refractivity contribution in [1.29, 1.82) is 0 Å². The van der Waals surface area contributed by atoms with Gasteiger partial charge in [-0.05, 0) is 51.6 Å². The first-order valence-corrected chi connectivity index (χ1v) is 7.27. The van der Waals surface area contributed by atoms with Gasteiger partial charge in [0.25, 0.3) is 0 Å². The summed E-state index contributed by atoms with van der Waals surface area (Å²) in [5.41, 5.74) is -0.436. The second-order valence-electron chi connectivity index (χ2n) is 5.55. The highest BCUT2D eigenvalue weighted by Gasteiger charge is 2.30. The summed E-state index contributed by atoms with van der Waals surface area (Å²) >= 11 is 0. The molecule has 2 atom stereocenters. The Kier molecular flexibility index (Phi) is 4.93. The Morgan fingerprint density at radius 1 is 1.53 bits per heavy atom. The van der Waals surface area contributed by atoms with Crippen LogP contribution in [-0.2, 0) is 16.8 Å². The number of ether oxygens (including phenoxy) is 1. The summed E-state index contributed by atoms with van der Waals surface area (Å²) in [6.45, 7) is 6.33. The smallest absolute Gasteiger partial charge is 0.226 e. The molecule has 2 heterocycles. The van der Waals surface area contributed by atoms with Crippen molar-refractivity contribution in [3.05, 3.63) is 11.7 Å². The molecule has 0 spiro atoms. The van der Waals surface area contributed by atoms with E-state index in [-0.39, 0.29) is 0 Å². The first-order chi connectivity index (χ1) is 9.18. The third-order valence-electron chi connectivity index (χ3n) is 4.23. The fraction of sp³-hybridized carbons (Fsp3) is 0.857. The van der Waals surface area contributed by atoms with Crippen LogP contribution in [0.5, 0.6) is 0 Å². The van der Waals surface area contributed by atoms with Crippen LogP contribution in [0.4, 0.5) is 0 Å². The second kappa shape index (κ2) is 6.48. The van der Waals surface area contributed by atoms with Crippen molar-refractivity contribution >= 4 is 0 Å². The van der Waals surface area contributed by atoms with Crippen LogP contribution >= 0.6 is 0 Å². The number of methoxy groups -OCH3 is 1. The first kappa shape index (κ1) is 14.5. The lowest BCUT2D eigenvalue weighted by Crippen LogP contribution is -2.30. The molecule has 2 unspecified atom stereocenters. The highest BCUT2D eigenvalue weighted by Crippen LogP contribution is 2.26. The summed E-state index contributed by atoms with van der Waals surface area (Å²) in [6, 6.07) is 0. The summed E-state index contributed by atoms with van der Waals surface area (Å²) in [5, 5.41) is 7.50. The zero-order chi connectivity index (χ0) is 13.7. The molecule has 19 heavy (non-hydrogen) atoms. The van der Waals surface area contributed by atoms with Crippen LogP contribution in [0, 0.1) is 5.92 Å². The molecule has 1 aromatic heterocycles. The van der Waals surface area contributed by atoms with E-state index in [2.05, 4.69) is 22.4 Å². The molecule has 1 aromatic rings. The highest BCUT2D eigenvalue weighted by atomic mass is 16.5. The lowest BCUT2D eigenvalue weighted by molar-refractivity contribution is -0.0106. The van der Waals surface area contributed by atoms with E-state index in [0.717, 1.165) is 44.2 Å². The number of nitrogens with one attached hydrogen (secondary N) is 1. The molecule has 0 amide bonds. The number of aryl methyl sites for hydroxylation is 1. The minimum Gasteiger partial charge on any atom is -0.370 e. The summed E-state index contributed by atoms with van der Waals surface area (Å²) in [6.07, 6.45) is 5.39. The average molecular weight is 267 g/mol. The molecular weight excluding hydrogens is 242 g/mol. The van der Waals surface area contributed by atoms with Gasteiger partial charge in [0.1, 0.15) is 5.60 Å². The van der Waals surface area contributed by atoms with E-state index >= 15 is 0 Å². The maximum Gasteiger partial charge on any atom is 0.226 e. The van der Waals surface area contributed by atoms with E-state index in [1.54, 1.807) is 7.11 Å². The number of rotatable bonds is 6. The fourth-order valence-corrected chi connectivity index (χ4v) is 2.46. The predicted octanol–water partition coefficient (Wildman–Crippen LogP) is 2.27. The molecule has 5 heteroatoms. The van der Waals surface area contributed by atoms with E-state index in [0.29, 0.717) is 5.82 Å². The van der Waals surface area contributed by atoms with Crippen LogP contribution in [-0.4, -0.2) is 30.3 Å². The molecule has 5 nitrogen and oxygen atoms in total. The molecule has 1 fully saturated rings. The van der Waals surface area contributed by atoms with E-state index in [1.165, 1.54) is 12.8 Å². The van der Waals surface area contributed by atoms with Crippen LogP contribution in [0.25, 0.3) is 0 Å². The summed E-state index contributed by atoms with van der Waals surface area (Å²) < 4.78 is 10.8. The largest absolute Gasteiger partial charge is 0.370 e. The molecule has 1 aliphatic heterocycles. The lowest BCUT2D eigenvalue weighted by Gasteiger charge is -2.22. The quantitative estimate of drug-likeness (QED) is 0.856. The SMILES string of the molecule is CCC(C)(OC)c1noc(CCC2CCCNC2)n1. The van der Waals surface area contributed by atoms with Crippen LogP contribution in [0.15, 0.2) is 4.52 Å². The van der Waals surface area contributed by atoms with E-state index in [1.807, 2.05) is 6.92 Å². The van der Waals surface area contributed by atoms with Gasteiger partial charge in [-0.25, -0.2) is 0 Å². The molecule has 0 aromatic carbocycles. The molecular formula is C14H25N3O2. The summed E-state index contributed by atoms with van der Waals surface area (Å²) in [4.78, 5) is 4.49. The van der Waals surface area contributed by atoms with Gasteiger partial charge in [-0.2, -0.15) is 4.98 Å². The van der Waals surface area contributed by atoms with Crippen molar-refractivity contribution in [2.24, 2.45) is 5.92 Å². The van der Waals surface area contributed by atoms with E-state index in [9.17, 15) is 0 Å². The third-order valence-corrected chi connectivity index (χ3v) is 4.23. The first-order valence-electron chi connectivity index (χ1n) is 7.27. The van der Waals surface area contributed by atoms with Gasteiger partial charge in [0.15, 0.2) is 0 Å². The van der Waals surface area contributed by atoms with Gasteiger partial charge in [0.2, 0.25) is 11.7 Å². The maximum absolute atomic E-state index is 5.49. The average Bonchev–Trinajstić information content (AvgIpc) is 2.95. The van der Waals surface area contributed by atoms with Crippen molar-refractivity contribution in [2.45, 2.75) is 51.6 Å². The summed E-state index contributed by atoms with van der Waals surface area (Å²) in [5.74, 6) is 2.13. The molecule has 2 rings (SSSR count). The van der Waals surface area contributed by atoms with Gasteiger partial charge in [0, 0.05) is 13.5 Å². The number of aromatic nitrogens is 2. The molecule has 0 saturated carbocycles. The van der Waals surface area contributed by atoms with Crippen molar-refractivity contribution in [1.82, 2.24) is 15.5 Å². The number of hydrogen-bond donors (Lipinski definition) is 1. The minimum absolute atomic E-state index is 0.436. The van der Waals surface area contributed by atoms with Gasteiger partial charge >= 0.3 is 0 Å². The number of piperidine rings is 1. The Hall–Kier alpha value is -0.940. The third kappa shape index (κ3) is 3.54. The van der Waals surface area contributed by atoms with Gasteiger partial charge in [-0.3, -0.25) is 0 Å². The molecule has 1 saturated heterocycles. The van der Waals surface area contributed by atoms with Crippen molar-refractivity contribution in [3.8, 4) is 0 Å². The zero-order valence-corrected chi connectivity index (χ0v) is 12.2. The predicted molar refractivity (Wildman–Crippen MR) is 72.9 cm³/mol. The molecule has 108 valence electrons. The van der Waals surface area contributed by atoms with E-state index in [4.69, 9.17) is 9.26 Å². The Morgan fingerprint density at radius 3 is 3.00 bits per heavy atom. The Morgan fingerprint density at radius 2 is 2.37 bits per heavy atom. The van der Waals surface area contributed by atoms with Crippen LogP contribution in [0.2, 0.25) is 0 Å². The van der Waals surface area contributed by atoms with Crippen LogP contribution in [0.1, 0.15) is 51.2 Å². The van der Waals surface area contributed by atoms with Crippen molar-refractivity contribution in [3.63, 3.8) is 0 Å². The highest BCUT2D eigenvalue weighted by molar-refractivity contribution is 4.99. The topological polar surface area (TPSA) is 60.2 Å². The van der Waals surface area contributed by atoms with Crippen LogP contribution < -0.4 is 5.32 Å². The van der Waals surface area contributed by atoms with Gasteiger partial charge in [-0.15, -0.1) is 0 Å². The normalized spacial score (nSPS) is 23.2. The maximum atomic E-state index is 5.49. The monoisotopic (exact) mass is 267 g/mol. The summed E-state index contributed by atoms with van der Waals surface area (Å²) in [7, 11) is 1.69. The Labute approximate surface area is 115 Å². The van der Waals surface area contributed by atoms with Gasteiger partial charge in [-0.1, -0.05) is 12.1 Å². The fourth-order valence-electron chi connectivity index (χ4n) is 2.46. The molecule has 0 bridgehead atoms. The van der Waals surface area contributed by atoms with E-state index < -0.39 is 5.60 Å². The minimum atomic E-state index is -0.436. The second-order valence-corrected chi connectivity index (χ2v) is 5.55.